The van der Waals surface area contributed by atoms with Crippen LogP contribution in [0.4, 0.5) is 4.79 Å². The van der Waals surface area contributed by atoms with Gasteiger partial charge in [-0.2, -0.15) is 4.68 Å². The number of amides is 1. The third kappa shape index (κ3) is 1.57. The smallest absolute Gasteiger partial charge is 0.349 e. The number of fused-ring (bicyclic) bond motifs is 1. The molecular formula is C12H14N4O2. The van der Waals surface area contributed by atoms with Gasteiger partial charge >= 0.3 is 6.03 Å². The Morgan fingerprint density at radius 2 is 2.17 bits per heavy atom. The van der Waals surface area contributed by atoms with E-state index >= 15 is 0 Å². The summed E-state index contributed by atoms with van der Waals surface area (Å²) in [5.41, 5.74) is 0.832. The van der Waals surface area contributed by atoms with E-state index in [1.54, 1.807) is 4.90 Å². The molecule has 6 nitrogen and oxygen atoms in total. The van der Waals surface area contributed by atoms with Gasteiger partial charge in [-0.25, -0.2) is 4.79 Å². The fourth-order valence-electron chi connectivity index (χ4n) is 2.18. The van der Waals surface area contributed by atoms with Crippen LogP contribution in [0.3, 0.4) is 0 Å². The molecule has 1 aliphatic heterocycles. The molecule has 0 bridgehead atoms. The Morgan fingerprint density at radius 1 is 1.39 bits per heavy atom. The van der Waals surface area contributed by atoms with Gasteiger partial charge in [-0.15, -0.1) is 5.10 Å². The molecule has 2 aromatic rings. The lowest BCUT2D eigenvalue weighted by Gasteiger charge is -2.29. The third-order valence-electron chi connectivity index (χ3n) is 3.18. The van der Waals surface area contributed by atoms with Crippen molar-refractivity contribution in [3.63, 3.8) is 0 Å². The maximum Gasteiger partial charge on any atom is 0.349 e. The molecule has 0 spiro atoms. The summed E-state index contributed by atoms with van der Waals surface area (Å²) < 4.78 is 6.85. The van der Waals surface area contributed by atoms with Crippen LogP contribution in [0.2, 0.25) is 0 Å². The van der Waals surface area contributed by atoms with Gasteiger partial charge in [0.15, 0.2) is 0 Å². The first kappa shape index (κ1) is 11.2. The first-order valence-electron chi connectivity index (χ1n) is 5.86. The number of hydrogen-bond donors (Lipinski definition) is 0. The molecule has 0 atom stereocenters. The van der Waals surface area contributed by atoms with Gasteiger partial charge < -0.3 is 4.74 Å². The van der Waals surface area contributed by atoms with Crippen molar-refractivity contribution in [2.24, 2.45) is 0 Å². The lowest BCUT2D eigenvalue weighted by molar-refractivity contribution is -0.0308. The number of benzene rings is 1. The van der Waals surface area contributed by atoms with Gasteiger partial charge in [-0.05, 0) is 26.0 Å². The predicted molar refractivity (Wildman–Crippen MR) is 65.1 cm³/mol. The molecule has 3 rings (SSSR count). The Morgan fingerprint density at radius 3 is 2.89 bits per heavy atom. The number of aromatic nitrogens is 3. The first-order valence-corrected chi connectivity index (χ1v) is 5.86. The summed E-state index contributed by atoms with van der Waals surface area (Å²) in [6.07, 6.45) is 0. The van der Waals surface area contributed by atoms with Crippen LogP contribution in [0.1, 0.15) is 13.8 Å². The average Bonchev–Trinajstić information content (AvgIpc) is 2.91. The van der Waals surface area contributed by atoms with Crippen LogP contribution in [0, 0.1) is 0 Å². The van der Waals surface area contributed by atoms with Crippen LogP contribution in [-0.4, -0.2) is 44.8 Å². The van der Waals surface area contributed by atoms with E-state index < -0.39 is 5.72 Å². The molecule has 0 saturated carbocycles. The minimum Gasteiger partial charge on any atom is -0.354 e. The van der Waals surface area contributed by atoms with Crippen LogP contribution in [0.5, 0.6) is 0 Å². The van der Waals surface area contributed by atoms with Crippen LogP contribution < -0.4 is 0 Å². The molecule has 2 heterocycles. The summed E-state index contributed by atoms with van der Waals surface area (Å²) in [6, 6.07) is 7.19. The SMILES string of the molecule is CC1(C)OCCN1C(=O)n1nnc2ccccc21. The summed E-state index contributed by atoms with van der Waals surface area (Å²) in [4.78, 5) is 14.1. The second-order valence-electron chi connectivity index (χ2n) is 4.72. The minimum absolute atomic E-state index is 0.203. The lowest BCUT2D eigenvalue weighted by atomic mass is 10.3. The molecule has 0 aliphatic carbocycles. The van der Waals surface area contributed by atoms with Gasteiger partial charge in [0, 0.05) is 6.54 Å². The van der Waals surface area contributed by atoms with Gasteiger partial charge in [-0.1, -0.05) is 17.3 Å². The third-order valence-corrected chi connectivity index (χ3v) is 3.18. The zero-order chi connectivity index (χ0) is 12.8. The first-order chi connectivity index (χ1) is 8.59. The highest BCUT2D eigenvalue weighted by Crippen LogP contribution is 2.23. The molecule has 1 aromatic heterocycles. The molecule has 94 valence electrons. The Kier molecular flexibility index (Phi) is 2.34. The Labute approximate surface area is 104 Å². The largest absolute Gasteiger partial charge is 0.354 e. The molecule has 18 heavy (non-hydrogen) atoms. The highest BCUT2D eigenvalue weighted by molar-refractivity contribution is 5.88. The van der Waals surface area contributed by atoms with Crippen molar-refractivity contribution in [1.29, 1.82) is 0 Å². The number of carbonyl (C=O) groups is 1. The van der Waals surface area contributed by atoms with Crippen LogP contribution in [0.25, 0.3) is 11.0 Å². The Hall–Kier alpha value is -1.95. The van der Waals surface area contributed by atoms with Crippen molar-refractivity contribution in [3.8, 4) is 0 Å². The maximum absolute atomic E-state index is 12.4. The zero-order valence-corrected chi connectivity index (χ0v) is 10.3. The van der Waals surface area contributed by atoms with Crippen molar-refractivity contribution in [2.45, 2.75) is 19.6 Å². The van der Waals surface area contributed by atoms with Crippen LogP contribution in [-0.2, 0) is 4.74 Å². The summed E-state index contributed by atoms with van der Waals surface area (Å²) >= 11 is 0. The summed E-state index contributed by atoms with van der Waals surface area (Å²) in [5, 5.41) is 7.91. The van der Waals surface area contributed by atoms with E-state index in [0.717, 1.165) is 0 Å². The number of ether oxygens (including phenoxy) is 1. The molecule has 1 saturated heterocycles. The average molecular weight is 246 g/mol. The molecular weight excluding hydrogens is 232 g/mol. The van der Waals surface area contributed by atoms with Crippen LogP contribution in [0.15, 0.2) is 24.3 Å². The van der Waals surface area contributed by atoms with Gasteiger partial charge in [0.25, 0.3) is 0 Å². The highest BCUT2D eigenvalue weighted by Gasteiger charge is 2.38. The number of para-hydroxylation sites is 1. The summed E-state index contributed by atoms with van der Waals surface area (Å²) in [7, 11) is 0. The lowest BCUT2D eigenvalue weighted by Crippen LogP contribution is -2.45. The van der Waals surface area contributed by atoms with Crippen molar-refractivity contribution in [1.82, 2.24) is 19.9 Å². The molecule has 1 amide bonds. The minimum atomic E-state index is -0.593. The number of carbonyl (C=O) groups excluding carboxylic acids is 1. The van der Waals surface area contributed by atoms with Gasteiger partial charge in [0.05, 0.1) is 12.1 Å². The van der Waals surface area contributed by atoms with Gasteiger partial charge in [-0.3, -0.25) is 4.90 Å². The van der Waals surface area contributed by atoms with E-state index in [4.69, 9.17) is 4.74 Å². The van der Waals surface area contributed by atoms with Crippen LogP contribution >= 0.6 is 0 Å². The fourth-order valence-corrected chi connectivity index (χ4v) is 2.18. The number of nitrogens with zero attached hydrogens (tertiary/aromatic N) is 4. The standard InChI is InChI=1S/C12H14N4O2/c1-12(2)15(7-8-18-12)11(17)16-10-6-4-3-5-9(10)13-14-16/h3-6H,7-8H2,1-2H3. The van der Waals surface area contributed by atoms with Crippen molar-refractivity contribution in [2.75, 3.05) is 13.2 Å². The monoisotopic (exact) mass is 246 g/mol. The second-order valence-corrected chi connectivity index (χ2v) is 4.72. The van der Waals surface area contributed by atoms with E-state index in [9.17, 15) is 4.79 Å². The summed E-state index contributed by atoms with van der Waals surface area (Å²) in [5.74, 6) is 0. The van der Waals surface area contributed by atoms with Gasteiger partial charge in [0.2, 0.25) is 0 Å². The fraction of sp³-hybridized carbons (Fsp3) is 0.417. The highest BCUT2D eigenvalue weighted by atomic mass is 16.5. The van der Waals surface area contributed by atoms with E-state index in [1.807, 2.05) is 38.1 Å². The molecule has 0 radical (unpaired) electrons. The van der Waals surface area contributed by atoms with E-state index in [-0.39, 0.29) is 6.03 Å². The quantitative estimate of drug-likeness (QED) is 0.706. The van der Waals surface area contributed by atoms with Crippen molar-refractivity contribution < 1.29 is 9.53 Å². The second kappa shape index (κ2) is 3.78. The van der Waals surface area contributed by atoms with Crippen molar-refractivity contribution in [3.05, 3.63) is 24.3 Å². The predicted octanol–water partition coefficient (Wildman–Crippen LogP) is 1.47. The molecule has 0 N–H and O–H groups in total. The number of rotatable bonds is 0. The van der Waals surface area contributed by atoms with Gasteiger partial charge in [0.1, 0.15) is 11.2 Å². The van der Waals surface area contributed by atoms with E-state index in [2.05, 4.69) is 10.3 Å². The van der Waals surface area contributed by atoms with E-state index in [1.165, 1.54) is 4.68 Å². The topological polar surface area (TPSA) is 60.2 Å². The molecule has 0 unspecified atom stereocenters. The summed E-state index contributed by atoms with van der Waals surface area (Å²) in [6.45, 7) is 4.86. The Balaban J connectivity index is 2.02. The Bertz CT molecular complexity index is 605. The van der Waals surface area contributed by atoms with Crippen molar-refractivity contribution >= 4 is 17.1 Å². The molecule has 1 aliphatic rings. The zero-order valence-electron chi connectivity index (χ0n) is 10.3. The molecule has 1 fully saturated rings. The molecule has 1 aromatic carbocycles. The number of hydrogen-bond acceptors (Lipinski definition) is 4. The molecule has 6 heteroatoms. The normalized spacial score (nSPS) is 18.4. The maximum atomic E-state index is 12.4. The van der Waals surface area contributed by atoms with E-state index in [0.29, 0.717) is 24.2 Å².